The second-order valence-electron chi connectivity index (χ2n) is 18.8. The first kappa shape index (κ1) is 61.5. The van der Waals surface area contributed by atoms with Crippen LogP contribution >= 0.6 is 7.82 Å². The Hall–Kier alpha value is -0.500. The summed E-state index contributed by atoms with van der Waals surface area (Å²) in [6, 6.07) is 0. The molecule has 0 spiro atoms. The van der Waals surface area contributed by atoms with Crippen LogP contribution in [0.4, 0.5) is 0 Å². The summed E-state index contributed by atoms with van der Waals surface area (Å²) in [5, 5.41) is 0. The summed E-state index contributed by atoms with van der Waals surface area (Å²) in [5.41, 5.74) is 5.40. The zero-order chi connectivity index (χ0) is 45.1. The third-order valence-electron chi connectivity index (χ3n) is 12.5. The van der Waals surface area contributed by atoms with Crippen LogP contribution in [0.1, 0.15) is 296 Å². The van der Waals surface area contributed by atoms with Gasteiger partial charge < -0.3 is 20.1 Å². The van der Waals surface area contributed by atoms with Crippen molar-refractivity contribution in [2.75, 3.05) is 33.0 Å². The molecule has 0 radical (unpaired) electrons. The minimum Gasteiger partial charge on any atom is -0.457 e. The molecule has 0 bridgehead atoms. The first-order chi connectivity index (χ1) is 30.4. The summed E-state index contributed by atoms with van der Waals surface area (Å²) in [7, 11) is -4.28. The Morgan fingerprint density at radius 3 is 1.02 bits per heavy atom. The Kier molecular flexibility index (Phi) is 51.1. The van der Waals surface area contributed by atoms with Crippen molar-refractivity contribution in [2.24, 2.45) is 5.73 Å². The molecule has 0 amide bonds. The third-order valence-corrected chi connectivity index (χ3v) is 13.5. The number of nitrogens with two attached hydrogens (primary N) is 1. The highest BCUT2D eigenvalue weighted by Gasteiger charge is 2.25. The Balaban J connectivity index is 3.82. The molecule has 0 aliphatic rings. The van der Waals surface area contributed by atoms with Gasteiger partial charge in [-0.15, -0.1) is 0 Å². The molecule has 0 aromatic heterocycles. The molecule has 62 heavy (non-hydrogen) atoms. The average molecular weight is 902 g/mol. The van der Waals surface area contributed by atoms with Gasteiger partial charge in [0.05, 0.1) is 19.8 Å². The van der Waals surface area contributed by atoms with Crippen LogP contribution in [0.5, 0.6) is 0 Å². The van der Waals surface area contributed by atoms with E-state index in [4.69, 9.17) is 24.3 Å². The van der Waals surface area contributed by atoms with Crippen LogP contribution in [0.15, 0.2) is 0 Å². The standard InChI is InChI=1S/C53H108NO7P/c1-3-5-7-9-11-13-15-17-19-21-23-24-25-26-27-28-29-31-33-35-37-39-41-43-45-48-58-50-52(51-60-62(56,57)59-49-47-54)61-53(55)46-44-42-40-38-36-34-32-30-22-20-18-16-14-12-10-8-6-4-2/h52H,3-51,54H2,1-2H3,(H,56,57). The van der Waals surface area contributed by atoms with Crippen LogP contribution in [0.2, 0.25) is 0 Å². The Bertz CT molecular complexity index is 924. The second-order valence-corrected chi connectivity index (χ2v) is 20.3. The van der Waals surface area contributed by atoms with Gasteiger partial charge in [0.25, 0.3) is 0 Å². The number of rotatable bonds is 54. The molecular weight excluding hydrogens is 794 g/mol. The van der Waals surface area contributed by atoms with Crippen molar-refractivity contribution >= 4 is 13.8 Å². The van der Waals surface area contributed by atoms with Crippen LogP contribution in [0.25, 0.3) is 0 Å². The van der Waals surface area contributed by atoms with Gasteiger partial charge in [0, 0.05) is 19.6 Å². The third kappa shape index (κ3) is 50.5. The minimum absolute atomic E-state index is 0.0896. The molecule has 0 saturated carbocycles. The normalized spacial score (nSPS) is 13.2. The van der Waals surface area contributed by atoms with Crippen LogP contribution in [0.3, 0.4) is 0 Å². The molecule has 372 valence electrons. The fraction of sp³-hybridized carbons (Fsp3) is 0.981. The van der Waals surface area contributed by atoms with E-state index >= 15 is 0 Å². The number of hydrogen-bond donors (Lipinski definition) is 2. The summed E-state index contributed by atoms with van der Waals surface area (Å²) in [5.74, 6) is -0.320. The predicted octanol–water partition coefficient (Wildman–Crippen LogP) is 17.2. The summed E-state index contributed by atoms with van der Waals surface area (Å²) in [6.45, 7) is 5.02. The van der Waals surface area contributed by atoms with Gasteiger partial charge in [0.2, 0.25) is 0 Å². The molecule has 0 heterocycles. The van der Waals surface area contributed by atoms with Gasteiger partial charge in [-0.1, -0.05) is 277 Å². The summed E-state index contributed by atoms with van der Waals surface area (Å²) in [4.78, 5) is 22.6. The molecule has 0 aromatic carbocycles. The number of carbonyl (C=O) groups excluding carboxylic acids is 1. The quantitative estimate of drug-likeness (QED) is 0.0352. The van der Waals surface area contributed by atoms with E-state index in [1.54, 1.807) is 0 Å². The van der Waals surface area contributed by atoms with Gasteiger partial charge in [-0.05, 0) is 12.8 Å². The van der Waals surface area contributed by atoms with Crippen LogP contribution in [0, 0.1) is 0 Å². The lowest BCUT2D eigenvalue weighted by molar-refractivity contribution is -0.154. The number of carbonyl (C=O) groups is 1. The number of hydrogen-bond acceptors (Lipinski definition) is 7. The van der Waals surface area contributed by atoms with E-state index in [-0.39, 0.29) is 32.3 Å². The molecule has 0 fully saturated rings. The van der Waals surface area contributed by atoms with Crippen LogP contribution in [-0.2, 0) is 27.9 Å². The lowest BCUT2D eigenvalue weighted by atomic mass is 10.0. The lowest BCUT2D eigenvalue weighted by Crippen LogP contribution is -2.28. The van der Waals surface area contributed by atoms with Crippen molar-refractivity contribution in [3.05, 3.63) is 0 Å². The van der Waals surface area contributed by atoms with E-state index in [0.717, 1.165) is 32.1 Å². The first-order valence-corrected chi connectivity index (χ1v) is 29.0. The molecular formula is C53H108NO7P. The van der Waals surface area contributed by atoms with Crippen molar-refractivity contribution in [1.29, 1.82) is 0 Å². The average Bonchev–Trinajstić information content (AvgIpc) is 3.26. The van der Waals surface area contributed by atoms with Gasteiger partial charge in [-0.2, -0.15) is 0 Å². The highest BCUT2D eigenvalue weighted by Crippen LogP contribution is 2.43. The maximum Gasteiger partial charge on any atom is 0.472 e. The predicted molar refractivity (Wildman–Crippen MR) is 266 cm³/mol. The van der Waals surface area contributed by atoms with E-state index in [1.165, 1.54) is 244 Å². The smallest absolute Gasteiger partial charge is 0.457 e. The van der Waals surface area contributed by atoms with Crippen molar-refractivity contribution in [1.82, 2.24) is 0 Å². The maximum atomic E-state index is 12.7. The molecule has 8 nitrogen and oxygen atoms in total. The topological polar surface area (TPSA) is 117 Å². The van der Waals surface area contributed by atoms with Gasteiger partial charge in [0.1, 0.15) is 6.10 Å². The number of phosphoric ester groups is 1. The zero-order valence-electron chi connectivity index (χ0n) is 41.6. The van der Waals surface area contributed by atoms with E-state index in [1.807, 2.05) is 0 Å². The Labute approximate surface area is 386 Å². The number of esters is 1. The van der Waals surface area contributed by atoms with Gasteiger partial charge in [-0.25, -0.2) is 4.57 Å². The summed E-state index contributed by atoms with van der Waals surface area (Å²) >= 11 is 0. The molecule has 2 unspecified atom stereocenters. The molecule has 0 saturated heterocycles. The largest absolute Gasteiger partial charge is 0.472 e. The van der Waals surface area contributed by atoms with Gasteiger partial charge in [0.15, 0.2) is 0 Å². The van der Waals surface area contributed by atoms with Crippen molar-refractivity contribution in [3.8, 4) is 0 Å². The fourth-order valence-electron chi connectivity index (χ4n) is 8.47. The molecule has 0 rings (SSSR count). The highest BCUT2D eigenvalue weighted by molar-refractivity contribution is 7.47. The lowest BCUT2D eigenvalue weighted by Gasteiger charge is -2.20. The van der Waals surface area contributed by atoms with Crippen LogP contribution < -0.4 is 5.73 Å². The molecule has 9 heteroatoms. The Morgan fingerprint density at radius 1 is 0.419 bits per heavy atom. The molecule has 3 N–H and O–H groups in total. The highest BCUT2D eigenvalue weighted by atomic mass is 31.2. The van der Waals surface area contributed by atoms with Crippen molar-refractivity contribution in [3.63, 3.8) is 0 Å². The fourth-order valence-corrected chi connectivity index (χ4v) is 9.24. The van der Waals surface area contributed by atoms with Crippen molar-refractivity contribution < 1.29 is 32.8 Å². The zero-order valence-corrected chi connectivity index (χ0v) is 42.5. The first-order valence-electron chi connectivity index (χ1n) is 27.5. The van der Waals surface area contributed by atoms with E-state index in [2.05, 4.69) is 13.8 Å². The maximum absolute atomic E-state index is 12.7. The Morgan fingerprint density at radius 2 is 0.710 bits per heavy atom. The van der Waals surface area contributed by atoms with E-state index < -0.39 is 13.9 Å². The van der Waals surface area contributed by atoms with Gasteiger partial charge in [-0.3, -0.25) is 13.8 Å². The van der Waals surface area contributed by atoms with Crippen LogP contribution in [-0.4, -0.2) is 49.9 Å². The summed E-state index contributed by atoms with van der Waals surface area (Å²) in [6.07, 6.45) is 57.2. The molecule has 0 aliphatic heterocycles. The summed E-state index contributed by atoms with van der Waals surface area (Å²) < 4.78 is 33.7. The molecule has 0 aliphatic carbocycles. The van der Waals surface area contributed by atoms with E-state index in [0.29, 0.717) is 13.0 Å². The van der Waals surface area contributed by atoms with Gasteiger partial charge >= 0.3 is 13.8 Å². The minimum atomic E-state index is -4.28. The molecule has 2 atom stereocenters. The SMILES string of the molecule is CCCCCCCCCCCCCCCCCCCCCCCCCCCOCC(COP(=O)(O)OCCN)OC(=O)CCCCCCCCCCCCCCCCCCCC. The monoisotopic (exact) mass is 902 g/mol. The number of unbranched alkanes of at least 4 members (excludes halogenated alkanes) is 41. The second kappa shape index (κ2) is 51.5. The number of ether oxygens (including phenoxy) is 2. The van der Waals surface area contributed by atoms with Crippen molar-refractivity contribution in [2.45, 2.75) is 302 Å². The van der Waals surface area contributed by atoms with E-state index in [9.17, 15) is 14.3 Å². The number of phosphoric acid groups is 1. The molecule has 0 aromatic rings.